The normalized spacial score (nSPS) is 23.8. The minimum Gasteiger partial charge on any atom is -0.317 e. The van der Waals surface area contributed by atoms with Crippen LogP contribution in [0.25, 0.3) is 0 Å². The van der Waals surface area contributed by atoms with Crippen LogP contribution in [0.15, 0.2) is 0 Å². The summed E-state index contributed by atoms with van der Waals surface area (Å²) in [6.07, 6.45) is 2.65. The molecular weight excluding hydrogens is 198 g/mol. The van der Waals surface area contributed by atoms with Crippen molar-refractivity contribution in [3.63, 3.8) is 0 Å². The van der Waals surface area contributed by atoms with E-state index in [9.17, 15) is 0 Å². The van der Waals surface area contributed by atoms with Crippen molar-refractivity contribution in [3.05, 3.63) is 0 Å². The highest BCUT2D eigenvalue weighted by Crippen LogP contribution is 2.09. The summed E-state index contributed by atoms with van der Waals surface area (Å²) in [5.74, 6) is 0. The van der Waals surface area contributed by atoms with Gasteiger partial charge in [-0.25, -0.2) is 0 Å². The van der Waals surface area contributed by atoms with E-state index in [2.05, 4.69) is 35.9 Å². The molecule has 0 aliphatic carbocycles. The summed E-state index contributed by atoms with van der Waals surface area (Å²) in [6, 6.07) is 0.743. The van der Waals surface area contributed by atoms with Gasteiger partial charge in [0.05, 0.1) is 0 Å². The maximum atomic E-state index is 3.38. The van der Waals surface area contributed by atoms with Gasteiger partial charge >= 0.3 is 0 Å². The van der Waals surface area contributed by atoms with Gasteiger partial charge in [0.15, 0.2) is 0 Å². The molecule has 1 unspecified atom stereocenters. The Morgan fingerprint density at radius 3 is 2.62 bits per heavy atom. The van der Waals surface area contributed by atoms with Crippen molar-refractivity contribution in [1.29, 1.82) is 0 Å². The van der Waals surface area contributed by atoms with Crippen LogP contribution < -0.4 is 5.32 Å². The van der Waals surface area contributed by atoms with Gasteiger partial charge in [-0.1, -0.05) is 13.8 Å². The zero-order valence-corrected chi connectivity index (χ0v) is 11.3. The van der Waals surface area contributed by atoms with E-state index in [-0.39, 0.29) is 0 Å². The van der Waals surface area contributed by atoms with Crippen LogP contribution in [-0.2, 0) is 0 Å². The maximum absolute atomic E-state index is 3.38. The van der Waals surface area contributed by atoms with Gasteiger partial charge in [-0.05, 0) is 45.9 Å². The second-order valence-corrected chi connectivity index (χ2v) is 4.84. The van der Waals surface area contributed by atoms with E-state index < -0.39 is 0 Å². The first-order valence-corrected chi connectivity index (χ1v) is 6.95. The molecule has 1 saturated heterocycles. The van der Waals surface area contributed by atoms with E-state index in [1.807, 2.05) is 0 Å². The van der Waals surface area contributed by atoms with Gasteiger partial charge in [0, 0.05) is 25.7 Å². The summed E-state index contributed by atoms with van der Waals surface area (Å²) < 4.78 is 0. The van der Waals surface area contributed by atoms with Gasteiger partial charge < -0.3 is 10.2 Å². The predicted molar refractivity (Wildman–Crippen MR) is 70.9 cm³/mol. The monoisotopic (exact) mass is 227 g/mol. The fraction of sp³-hybridized carbons (Fsp3) is 1.00. The third-order valence-corrected chi connectivity index (χ3v) is 3.58. The van der Waals surface area contributed by atoms with Crippen molar-refractivity contribution in [1.82, 2.24) is 15.1 Å². The molecule has 0 amide bonds. The SMILES string of the molecule is CCNCCCCN1CCN(CC)C(C)C1. The first-order chi connectivity index (χ1) is 7.77. The Morgan fingerprint density at radius 1 is 1.19 bits per heavy atom. The number of nitrogens with zero attached hydrogens (tertiary/aromatic N) is 2. The molecule has 0 aromatic carbocycles. The van der Waals surface area contributed by atoms with Gasteiger partial charge in [-0.2, -0.15) is 0 Å². The smallest absolute Gasteiger partial charge is 0.0195 e. The van der Waals surface area contributed by atoms with Crippen molar-refractivity contribution in [3.8, 4) is 0 Å². The number of likely N-dealkylation sites (N-methyl/N-ethyl adjacent to an activating group) is 1. The Bertz CT molecular complexity index is 173. The summed E-state index contributed by atoms with van der Waals surface area (Å²) in [6.45, 7) is 15.3. The van der Waals surface area contributed by atoms with Crippen molar-refractivity contribution in [2.45, 2.75) is 39.7 Å². The highest BCUT2D eigenvalue weighted by Gasteiger charge is 2.21. The zero-order valence-electron chi connectivity index (χ0n) is 11.3. The molecule has 1 aliphatic heterocycles. The van der Waals surface area contributed by atoms with E-state index >= 15 is 0 Å². The highest BCUT2D eigenvalue weighted by molar-refractivity contribution is 4.78. The average Bonchev–Trinajstić information content (AvgIpc) is 2.29. The molecule has 1 aliphatic rings. The van der Waals surface area contributed by atoms with Crippen LogP contribution >= 0.6 is 0 Å². The molecular formula is C13H29N3. The molecule has 96 valence electrons. The number of unbranched alkanes of at least 4 members (excludes halogenated alkanes) is 1. The summed E-state index contributed by atoms with van der Waals surface area (Å²) in [7, 11) is 0. The van der Waals surface area contributed by atoms with E-state index in [0.29, 0.717) is 0 Å². The molecule has 1 heterocycles. The van der Waals surface area contributed by atoms with E-state index in [4.69, 9.17) is 0 Å². The van der Waals surface area contributed by atoms with Crippen LogP contribution in [0.1, 0.15) is 33.6 Å². The Balaban J connectivity index is 2.06. The third kappa shape index (κ3) is 4.81. The summed E-state index contributed by atoms with van der Waals surface area (Å²) in [4.78, 5) is 5.21. The minimum absolute atomic E-state index is 0.743. The molecule has 0 saturated carbocycles. The van der Waals surface area contributed by atoms with E-state index in [1.54, 1.807) is 0 Å². The highest BCUT2D eigenvalue weighted by atomic mass is 15.3. The molecule has 0 aromatic rings. The lowest BCUT2D eigenvalue weighted by Gasteiger charge is -2.39. The van der Waals surface area contributed by atoms with Gasteiger partial charge in [-0.3, -0.25) is 4.90 Å². The van der Waals surface area contributed by atoms with E-state index in [0.717, 1.165) is 12.6 Å². The predicted octanol–water partition coefficient (Wildman–Crippen LogP) is 1.40. The Morgan fingerprint density at radius 2 is 2.00 bits per heavy atom. The standard InChI is InChI=1S/C13H29N3/c1-4-14-8-6-7-9-15-10-11-16(5-2)13(3)12-15/h13-14H,4-12H2,1-3H3. The van der Waals surface area contributed by atoms with Crippen LogP contribution in [0.2, 0.25) is 0 Å². The fourth-order valence-corrected chi connectivity index (χ4v) is 2.51. The minimum atomic E-state index is 0.743. The second-order valence-electron chi connectivity index (χ2n) is 4.84. The quantitative estimate of drug-likeness (QED) is 0.663. The molecule has 0 spiro atoms. The summed E-state index contributed by atoms with van der Waals surface area (Å²) >= 11 is 0. The van der Waals surface area contributed by atoms with Crippen molar-refractivity contribution in [2.75, 3.05) is 45.8 Å². The van der Waals surface area contributed by atoms with Gasteiger partial charge in [0.2, 0.25) is 0 Å². The lowest BCUT2D eigenvalue weighted by Crippen LogP contribution is -2.51. The number of nitrogens with one attached hydrogen (secondary N) is 1. The molecule has 0 bridgehead atoms. The van der Waals surface area contributed by atoms with E-state index in [1.165, 1.54) is 52.1 Å². The lowest BCUT2D eigenvalue weighted by atomic mass is 10.1. The number of hydrogen-bond acceptors (Lipinski definition) is 3. The molecule has 1 fully saturated rings. The van der Waals surface area contributed by atoms with Gasteiger partial charge in [-0.15, -0.1) is 0 Å². The largest absolute Gasteiger partial charge is 0.317 e. The molecule has 3 nitrogen and oxygen atoms in total. The van der Waals surface area contributed by atoms with Crippen molar-refractivity contribution in [2.24, 2.45) is 0 Å². The number of hydrogen-bond donors (Lipinski definition) is 1. The topological polar surface area (TPSA) is 18.5 Å². The molecule has 1 atom stereocenters. The zero-order chi connectivity index (χ0) is 11.8. The first-order valence-electron chi connectivity index (χ1n) is 6.95. The molecule has 1 rings (SSSR count). The first kappa shape index (κ1) is 13.9. The van der Waals surface area contributed by atoms with Crippen LogP contribution in [0.4, 0.5) is 0 Å². The van der Waals surface area contributed by atoms with Gasteiger partial charge in [0.1, 0.15) is 0 Å². The fourth-order valence-electron chi connectivity index (χ4n) is 2.51. The second kappa shape index (κ2) is 8.04. The molecule has 3 heteroatoms. The number of rotatable bonds is 7. The van der Waals surface area contributed by atoms with Crippen molar-refractivity contribution < 1.29 is 0 Å². The van der Waals surface area contributed by atoms with Crippen LogP contribution in [0.5, 0.6) is 0 Å². The lowest BCUT2D eigenvalue weighted by molar-refractivity contribution is 0.0870. The third-order valence-electron chi connectivity index (χ3n) is 3.58. The Kier molecular flexibility index (Phi) is 7.01. The molecule has 1 N–H and O–H groups in total. The van der Waals surface area contributed by atoms with Gasteiger partial charge in [0.25, 0.3) is 0 Å². The Hall–Kier alpha value is -0.120. The van der Waals surface area contributed by atoms with Crippen LogP contribution in [-0.4, -0.2) is 61.7 Å². The van der Waals surface area contributed by atoms with Crippen LogP contribution in [0, 0.1) is 0 Å². The molecule has 16 heavy (non-hydrogen) atoms. The average molecular weight is 227 g/mol. The number of piperazine rings is 1. The van der Waals surface area contributed by atoms with Crippen LogP contribution in [0.3, 0.4) is 0 Å². The summed E-state index contributed by atoms with van der Waals surface area (Å²) in [5.41, 5.74) is 0. The van der Waals surface area contributed by atoms with Crippen molar-refractivity contribution >= 4 is 0 Å². The summed E-state index contributed by atoms with van der Waals surface area (Å²) in [5, 5.41) is 3.38. The molecule has 0 aromatic heterocycles. The maximum Gasteiger partial charge on any atom is 0.0195 e. The Labute approximate surface area is 101 Å². The molecule has 0 radical (unpaired) electrons.